The minimum absolute atomic E-state index is 0.0309. The molecule has 2 aliphatic carbocycles. The summed E-state index contributed by atoms with van der Waals surface area (Å²) in [6.07, 6.45) is 2.23. The standard InChI is InChI=1S/C25H22ClFN2O5/c26-18-3-1-2-15(12-4-5-12)21(18)23(30)29-20-11-14(25(33)34)7-9-17(20)22(28)16-8-6-13(24(31)32)10-19(16)27/h1-3,6,8,10,12,14,28H,4-5,7,9,11H2,(H,29,30)(H,31,32)(H,33,34). The van der Waals surface area contributed by atoms with Crippen LogP contribution in [0, 0.1) is 17.1 Å². The lowest BCUT2D eigenvalue weighted by Gasteiger charge is -2.26. The van der Waals surface area contributed by atoms with Gasteiger partial charge in [-0.15, -0.1) is 0 Å². The lowest BCUT2D eigenvalue weighted by Crippen LogP contribution is -2.32. The molecule has 2 aliphatic rings. The van der Waals surface area contributed by atoms with E-state index in [2.05, 4.69) is 5.32 Å². The van der Waals surface area contributed by atoms with Crippen LogP contribution in [0.2, 0.25) is 5.02 Å². The van der Waals surface area contributed by atoms with Crippen LogP contribution in [-0.4, -0.2) is 33.8 Å². The normalized spacial score (nSPS) is 17.9. The van der Waals surface area contributed by atoms with E-state index in [1.54, 1.807) is 12.1 Å². The monoisotopic (exact) mass is 484 g/mol. The van der Waals surface area contributed by atoms with Crippen molar-refractivity contribution in [2.45, 2.75) is 38.0 Å². The molecule has 1 atom stereocenters. The molecule has 1 unspecified atom stereocenters. The van der Waals surface area contributed by atoms with Crippen molar-refractivity contribution >= 4 is 35.2 Å². The first kappa shape index (κ1) is 23.6. The number of nitrogens with one attached hydrogen (secondary N) is 2. The third-order valence-electron chi connectivity index (χ3n) is 6.25. The molecule has 7 nitrogen and oxygen atoms in total. The molecule has 9 heteroatoms. The number of amides is 1. The lowest BCUT2D eigenvalue weighted by molar-refractivity contribution is -0.142. The summed E-state index contributed by atoms with van der Waals surface area (Å²) in [5, 5.41) is 30.2. The summed E-state index contributed by atoms with van der Waals surface area (Å²) < 4.78 is 14.7. The Bertz CT molecular complexity index is 1250. The Morgan fingerprint density at radius 2 is 1.82 bits per heavy atom. The quantitative estimate of drug-likeness (QED) is 0.411. The van der Waals surface area contributed by atoms with Crippen LogP contribution >= 0.6 is 11.6 Å². The number of hydrogen-bond acceptors (Lipinski definition) is 4. The molecule has 4 N–H and O–H groups in total. The number of carboxylic acids is 2. The van der Waals surface area contributed by atoms with Gasteiger partial charge in [0.05, 0.1) is 27.8 Å². The van der Waals surface area contributed by atoms with E-state index in [1.807, 2.05) is 6.07 Å². The number of allylic oxidation sites excluding steroid dienone is 2. The average molecular weight is 485 g/mol. The van der Waals surface area contributed by atoms with Gasteiger partial charge in [-0.1, -0.05) is 23.7 Å². The molecule has 0 bridgehead atoms. The molecule has 2 aromatic rings. The molecule has 0 aliphatic heterocycles. The molecular weight excluding hydrogens is 463 g/mol. The van der Waals surface area contributed by atoms with Gasteiger partial charge in [0.15, 0.2) is 0 Å². The second-order valence-electron chi connectivity index (χ2n) is 8.54. The third-order valence-corrected chi connectivity index (χ3v) is 6.56. The molecule has 34 heavy (non-hydrogen) atoms. The van der Waals surface area contributed by atoms with Gasteiger partial charge in [-0.05, 0) is 67.0 Å². The Kier molecular flexibility index (Phi) is 6.52. The summed E-state index contributed by atoms with van der Waals surface area (Å²) in [5.74, 6) is -4.22. The fourth-order valence-corrected chi connectivity index (χ4v) is 4.55. The third kappa shape index (κ3) is 4.72. The number of carbonyl (C=O) groups excluding carboxylic acids is 1. The van der Waals surface area contributed by atoms with Gasteiger partial charge in [0.2, 0.25) is 0 Å². The SMILES string of the molecule is N=C(C1=C(NC(=O)c2c(Cl)cccc2C2CC2)CC(C(=O)O)CC1)c1ccc(C(=O)O)cc1F. The molecular formula is C25H22ClFN2O5. The number of rotatable bonds is 7. The maximum absolute atomic E-state index is 14.7. The summed E-state index contributed by atoms with van der Waals surface area (Å²) in [6, 6.07) is 8.46. The van der Waals surface area contributed by atoms with E-state index in [0.717, 1.165) is 24.5 Å². The summed E-state index contributed by atoms with van der Waals surface area (Å²) in [7, 11) is 0. The Morgan fingerprint density at radius 1 is 1.09 bits per heavy atom. The summed E-state index contributed by atoms with van der Waals surface area (Å²) in [6.45, 7) is 0. The molecule has 0 spiro atoms. The summed E-state index contributed by atoms with van der Waals surface area (Å²) in [4.78, 5) is 36.0. The second-order valence-corrected chi connectivity index (χ2v) is 8.95. The van der Waals surface area contributed by atoms with Crippen LogP contribution < -0.4 is 5.32 Å². The van der Waals surface area contributed by atoms with Gasteiger partial charge in [0, 0.05) is 17.7 Å². The van der Waals surface area contributed by atoms with Gasteiger partial charge >= 0.3 is 11.9 Å². The molecule has 0 heterocycles. The predicted molar refractivity (Wildman–Crippen MR) is 123 cm³/mol. The van der Waals surface area contributed by atoms with Crippen LogP contribution in [0.15, 0.2) is 47.7 Å². The topological polar surface area (TPSA) is 128 Å². The van der Waals surface area contributed by atoms with E-state index >= 15 is 0 Å². The van der Waals surface area contributed by atoms with Crippen LogP contribution in [0.3, 0.4) is 0 Å². The predicted octanol–water partition coefficient (Wildman–Crippen LogP) is 4.99. The van der Waals surface area contributed by atoms with Crippen molar-refractivity contribution in [2.24, 2.45) is 5.92 Å². The zero-order chi connectivity index (χ0) is 24.6. The molecule has 0 aromatic heterocycles. The molecule has 0 radical (unpaired) electrons. The Labute approximate surface area is 199 Å². The van der Waals surface area contributed by atoms with Gasteiger partial charge < -0.3 is 15.5 Å². The van der Waals surface area contributed by atoms with Crippen molar-refractivity contribution in [1.29, 1.82) is 5.41 Å². The maximum atomic E-state index is 14.7. The van der Waals surface area contributed by atoms with E-state index in [1.165, 1.54) is 12.1 Å². The highest BCUT2D eigenvalue weighted by molar-refractivity contribution is 6.34. The Morgan fingerprint density at radius 3 is 2.44 bits per heavy atom. The fraction of sp³-hybridized carbons (Fsp3) is 0.280. The molecule has 2 aromatic carbocycles. The molecule has 4 rings (SSSR count). The van der Waals surface area contributed by atoms with Crippen LogP contribution in [0.4, 0.5) is 4.39 Å². The van der Waals surface area contributed by atoms with E-state index in [4.69, 9.17) is 22.1 Å². The lowest BCUT2D eigenvalue weighted by atomic mass is 9.83. The van der Waals surface area contributed by atoms with Gasteiger partial charge in [0.1, 0.15) is 5.82 Å². The van der Waals surface area contributed by atoms with Crippen molar-refractivity contribution in [3.63, 3.8) is 0 Å². The highest BCUT2D eigenvalue weighted by Gasteiger charge is 2.33. The molecule has 1 saturated carbocycles. The van der Waals surface area contributed by atoms with Crippen molar-refractivity contribution in [1.82, 2.24) is 5.32 Å². The van der Waals surface area contributed by atoms with Gasteiger partial charge in [0.25, 0.3) is 5.91 Å². The highest BCUT2D eigenvalue weighted by Crippen LogP contribution is 2.43. The molecule has 176 valence electrons. The van der Waals surface area contributed by atoms with E-state index in [0.29, 0.717) is 11.1 Å². The molecule has 0 saturated heterocycles. The van der Waals surface area contributed by atoms with Crippen LogP contribution in [0.25, 0.3) is 0 Å². The van der Waals surface area contributed by atoms with Crippen molar-refractivity contribution in [3.05, 3.63) is 80.8 Å². The van der Waals surface area contributed by atoms with E-state index in [-0.39, 0.29) is 52.7 Å². The highest BCUT2D eigenvalue weighted by atomic mass is 35.5. The Hall–Kier alpha value is -3.52. The summed E-state index contributed by atoms with van der Waals surface area (Å²) in [5.41, 5.74) is 1.08. The first-order valence-electron chi connectivity index (χ1n) is 10.8. The number of hydrogen-bond donors (Lipinski definition) is 4. The van der Waals surface area contributed by atoms with Crippen molar-refractivity contribution in [3.8, 4) is 0 Å². The van der Waals surface area contributed by atoms with Gasteiger partial charge in [-0.3, -0.25) is 15.0 Å². The van der Waals surface area contributed by atoms with E-state index < -0.39 is 29.6 Å². The number of halogens is 2. The molecule has 1 fully saturated rings. The van der Waals surface area contributed by atoms with Crippen molar-refractivity contribution < 1.29 is 29.0 Å². The van der Waals surface area contributed by atoms with Gasteiger partial charge in [-0.2, -0.15) is 0 Å². The second kappa shape index (κ2) is 9.38. The number of benzene rings is 2. The van der Waals surface area contributed by atoms with Gasteiger partial charge in [-0.25, -0.2) is 9.18 Å². The van der Waals surface area contributed by atoms with Crippen LogP contribution in [0.1, 0.15) is 69.9 Å². The summed E-state index contributed by atoms with van der Waals surface area (Å²) >= 11 is 6.34. The minimum Gasteiger partial charge on any atom is -0.481 e. The fourth-order valence-electron chi connectivity index (χ4n) is 4.28. The molecule has 1 amide bonds. The van der Waals surface area contributed by atoms with Crippen LogP contribution in [0.5, 0.6) is 0 Å². The maximum Gasteiger partial charge on any atom is 0.335 e. The first-order valence-corrected chi connectivity index (χ1v) is 11.2. The number of carbonyl (C=O) groups is 3. The first-order chi connectivity index (χ1) is 16.2. The minimum atomic E-state index is -1.29. The number of aromatic carboxylic acids is 1. The number of carboxylic acid groups (broad SMARTS) is 2. The van der Waals surface area contributed by atoms with Crippen LogP contribution in [-0.2, 0) is 4.79 Å². The largest absolute Gasteiger partial charge is 0.481 e. The zero-order valence-electron chi connectivity index (χ0n) is 18.0. The van der Waals surface area contributed by atoms with Crippen molar-refractivity contribution in [2.75, 3.05) is 0 Å². The zero-order valence-corrected chi connectivity index (χ0v) is 18.8. The average Bonchev–Trinajstić information content (AvgIpc) is 3.63. The number of aliphatic carboxylic acids is 1. The Balaban J connectivity index is 1.71. The smallest absolute Gasteiger partial charge is 0.335 e. The van der Waals surface area contributed by atoms with E-state index in [9.17, 15) is 23.9 Å².